The minimum Gasteiger partial charge on any atom is -0.422 e. The van der Waals surface area contributed by atoms with Crippen LogP contribution in [0.15, 0.2) is 38.3 Å². The lowest BCUT2D eigenvalue weighted by Gasteiger charge is -1.90. The minimum absolute atomic E-state index is 0.171. The van der Waals surface area contributed by atoms with E-state index in [1.165, 1.54) is 0 Å². The highest BCUT2D eigenvalue weighted by atomic mass is 16.4. The van der Waals surface area contributed by atoms with Crippen LogP contribution in [0, 0.1) is 0 Å². The lowest BCUT2D eigenvalue weighted by Crippen LogP contribution is -1.93. The average molecular weight is 172 g/mol. The SMILES string of the molecule is O=c1oc2ccccc2c2c(=O)c12. The molecule has 0 aliphatic rings. The molecular formula is C10H4O3. The van der Waals surface area contributed by atoms with Crippen LogP contribution in [0.1, 0.15) is 0 Å². The van der Waals surface area contributed by atoms with Crippen molar-refractivity contribution >= 4 is 21.7 Å². The molecule has 0 radical (unpaired) electrons. The van der Waals surface area contributed by atoms with E-state index in [4.69, 9.17) is 4.42 Å². The van der Waals surface area contributed by atoms with E-state index in [-0.39, 0.29) is 10.8 Å². The van der Waals surface area contributed by atoms with E-state index >= 15 is 0 Å². The summed E-state index contributed by atoms with van der Waals surface area (Å²) >= 11 is 0. The molecule has 0 aliphatic heterocycles. The Morgan fingerprint density at radius 1 is 1.00 bits per heavy atom. The van der Waals surface area contributed by atoms with Crippen LogP contribution in [0.3, 0.4) is 0 Å². The Hall–Kier alpha value is -1.90. The largest absolute Gasteiger partial charge is 0.422 e. The number of rotatable bonds is 0. The number of benzene rings is 1. The second-order valence-electron chi connectivity index (χ2n) is 2.96. The zero-order valence-electron chi connectivity index (χ0n) is 6.53. The normalized spacial score (nSPS) is 11.7. The van der Waals surface area contributed by atoms with Crippen LogP contribution in [0.5, 0.6) is 0 Å². The summed E-state index contributed by atoms with van der Waals surface area (Å²) in [5, 5.41) is 1.49. The Labute approximate surface area is 71.9 Å². The average Bonchev–Trinajstić information content (AvgIpc) is 2.79. The molecule has 3 rings (SSSR count). The van der Waals surface area contributed by atoms with Crippen molar-refractivity contribution in [1.29, 1.82) is 0 Å². The minimum atomic E-state index is -0.515. The van der Waals surface area contributed by atoms with Crippen LogP contribution < -0.4 is 11.1 Å². The van der Waals surface area contributed by atoms with Crippen LogP contribution in [0.25, 0.3) is 21.7 Å². The Balaban J connectivity index is 2.75. The van der Waals surface area contributed by atoms with E-state index in [9.17, 15) is 9.59 Å². The molecular weight excluding hydrogens is 168 g/mol. The quantitative estimate of drug-likeness (QED) is 0.478. The van der Waals surface area contributed by atoms with Gasteiger partial charge in [-0.25, -0.2) is 4.79 Å². The van der Waals surface area contributed by atoms with Gasteiger partial charge in [0.2, 0.25) is 5.43 Å². The van der Waals surface area contributed by atoms with Crippen molar-refractivity contribution in [1.82, 2.24) is 0 Å². The van der Waals surface area contributed by atoms with Gasteiger partial charge in [-0.2, -0.15) is 0 Å². The third kappa shape index (κ3) is 0.685. The number of hydrogen-bond donors (Lipinski definition) is 0. The van der Waals surface area contributed by atoms with E-state index in [0.717, 1.165) is 5.39 Å². The molecule has 1 heterocycles. The smallest absolute Gasteiger partial charge is 0.348 e. The Bertz CT molecular complexity index is 681. The highest BCUT2D eigenvalue weighted by Crippen LogP contribution is 2.22. The van der Waals surface area contributed by atoms with Gasteiger partial charge in [0.1, 0.15) is 11.0 Å². The summed E-state index contributed by atoms with van der Waals surface area (Å²) in [5.41, 5.74) is -0.203. The molecule has 0 bridgehead atoms. The van der Waals surface area contributed by atoms with Gasteiger partial charge < -0.3 is 4.42 Å². The van der Waals surface area contributed by atoms with Crippen molar-refractivity contribution in [3.8, 4) is 0 Å². The molecule has 0 unspecified atom stereocenters. The van der Waals surface area contributed by atoms with E-state index in [2.05, 4.69) is 0 Å². The summed E-state index contributed by atoms with van der Waals surface area (Å²) in [7, 11) is 0. The zero-order valence-corrected chi connectivity index (χ0v) is 6.53. The molecule has 3 nitrogen and oxygen atoms in total. The molecule has 0 N–H and O–H groups in total. The van der Waals surface area contributed by atoms with E-state index < -0.39 is 5.63 Å². The first-order valence-corrected chi connectivity index (χ1v) is 3.89. The topological polar surface area (TPSA) is 47.3 Å². The molecule has 0 fully saturated rings. The summed E-state index contributed by atoms with van der Waals surface area (Å²) in [6.45, 7) is 0. The van der Waals surface area contributed by atoms with Gasteiger partial charge >= 0.3 is 5.63 Å². The summed E-state index contributed by atoms with van der Waals surface area (Å²) < 4.78 is 4.94. The molecule has 0 aliphatic carbocycles. The molecule has 2 aromatic carbocycles. The Morgan fingerprint density at radius 2 is 1.77 bits per heavy atom. The first-order chi connectivity index (χ1) is 6.29. The van der Waals surface area contributed by atoms with E-state index in [0.29, 0.717) is 11.0 Å². The van der Waals surface area contributed by atoms with Gasteiger partial charge in [-0.1, -0.05) is 18.2 Å². The fourth-order valence-corrected chi connectivity index (χ4v) is 1.54. The van der Waals surface area contributed by atoms with Gasteiger partial charge in [0, 0.05) is 5.39 Å². The highest BCUT2D eigenvalue weighted by molar-refractivity contribution is 6.13. The molecule has 0 saturated carbocycles. The van der Waals surface area contributed by atoms with Crippen molar-refractivity contribution in [2.75, 3.05) is 0 Å². The maximum absolute atomic E-state index is 11.1. The third-order valence-electron chi connectivity index (χ3n) is 2.20. The van der Waals surface area contributed by atoms with Gasteiger partial charge in [-0.3, -0.25) is 4.79 Å². The van der Waals surface area contributed by atoms with E-state index in [1.54, 1.807) is 18.2 Å². The first kappa shape index (κ1) is 6.60. The maximum Gasteiger partial charge on any atom is 0.348 e. The Morgan fingerprint density at radius 3 is 2.62 bits per heavy atom. The van der Waals surface area contributed by atoms with Crippen LogP contribution in [0.4, 0.5) is 0 Å². The predicted molar refractivity (Wildman–Crippen MR) is 48.6 cm³/mol. The van der Waals surface area contributed by atoms with Crippen LogP contribution in [-0.4, -0.2) is 0 Å². The fourth-order valence-electron chi connectivity index (χ4n) is 1.54. The van der Waals surface area contributed by atoms with Crippen LogP contribution >= 0.6 is 0 Å². The monoisotopic (exact) mass is 172 g/mol. The number of hydrogen-bond acceptors (Lipinski definition) is 3. The van der Waals surface area contributed by atoms with Gasteiger partial charge in [-0.05, 0) is 6.07 Å². The standard InChI is InChI=1S/C10H4O3/c11-9-7-5-3-1-2-4-6(5)13-10(12)8(7)9/h1-4H. The molecule has 1 aromatic heterocycles. The summed E-state index contributed by atoms with van der Waals surface area (Å²) in [4.78, 5) is 22.2. The predicted octanol–water partition coefficient (Wildman–Crippen LogP) is 1.18. The molecule has 3 aromatic rings. The maximum atomic E-state index is 11.1. The lowest BCUT2D eigenvalue weighted by atomic mass is 10.2. The lowest BCUT2D eigenvalue weighted by molar-refractivity contribution is 0.571. The van der Waals surface area contributed by atoms with Gasteiger partial charge in [0.15, 0.2) is 0 Å². The molecule has 0 spiro atoms. The van der Waals surface area contributed by atoms with Gasteiger partial charge in [0.05, 0.1) is 5.39 Å². The molecule has 13 heavy (non-hydrogen) atoms. The molecule has 3 heteroatoms. The number of para-hydroxylation sites is 1. The molecule has 0 atom stereocenters. The van der Waals surface area contributed by atoms with Gasteiger partial charge in [0.25, 0.3) is 0 Å². The van der Waals surface area contributed by atoms with Crippen LogP contribution in [-0.2, 0) is 0 Å². The summed E-state index contributed by atoms with van der Waals surface area (Å²) in [6.07, 6.45) is 0. The second-order valence-corrected chi connectivity index (χ2v) is 2.96. The summed E-state index contributed by atoms with van der Waals surface area (Å²) in [5.74, 6) is 0. The van der Waals surface area contributed by atoms with Crippen molar-refractivity contribution in [2.45, 2.75) is 0 Å². The second kappa shape index (κ2) is 1.88. The van der Waals surface area contributed by atoms with E-state index in [1.807, 2.05) is 6.07 Å². The van der Waals surface area contributed by atoms with Crippen molar-refractivity contribution < 1.29 is 4.42 Å². The van der Waals surface area contributed by atoms with Crippen molar-refractivity contribution in [2.24, 2.45) is 0 Å². The number of fused-ring (bicyclic) bond motifs is 3. The third-order valence-corrected chi connectivity index (χ3v) is 2.20. The zero-order chi connectivity index (χ0) is 9.00. The first-order valence-electron chi connectivity index (χ1n) is 3.89. The van der Waals surface area contributed by atoms with Crippen molar-refractivity contribution in [3.05, 3.63) is 44.9 Å². The highest BCUT2D eigenvalue weighted by Gasteiger charge is 2.21. The fraction of sp³-hybridized carbons (Fsp3) is 0. The van der Waals surface area contributed by atoms with Crippen LogP contribution in [0.2, 0.25) is 0 Å². The van der Waals surface area contributed by atoms with Gasteiger partial charge in [-0.15, -0.1) is 0 Å². The van der Waals surface area contributed by atoms with Crippen molar-refractivity contribution in [3.63, 3.8) is 0 Å². The molecule has 62 valence electrons. The summed E-state index contributed by atoms with van der Waals surface area (Å²) in [6, 6.07) is 7.04. The molecule has 0 amide bonds. The Kier molecular flexibility index (Phi) is 0.953. The molecule has 0 saturated heterocycles.